The van der Waals surface area contributed by atoms with E-state index in [1.54, 1.807) is 0 Å². The van der Waals surface area contributed by atoms with E-state index in [-0.39, 0.29) is 5.91 Å². The van der Waals surface area contributed by atoms with Crippen LogP contribution in [0, 0.1) is 13.8 Å². The summed E-state index contributed by atoms with van der Waals surface area (Å²) in [6.07, 6.45) is 1.39. The summed E-state index contributed by atoms with van der Waals surface area (Å²) in [5.74, 6) is 2.01. The van der Waals surface area contributed by atoms with Crippen molar-refractivity contribution in [1.82, 2.24) is 14.9 Å². The van der Waals surface area contributed by atoms with Gasteiger partial charge in [-0.05, 0) is 25.8 Å². The van der Waals surface area contributed by atoms with Crippen molar-refractivity contribution in [3.63, 3.8) is 0 Å². The molecule has 1 aliphatic rings. The second kappa shape index (κ2) is 7.43. The molecule has 1 aromatic heterocycles. The summed E-state index contributed by atoms with van der Waals surface area (Å²) in [6, 6.07) is 12.2. The van der Waals surface area contributed by atoms with E-state index in [1.807, 2.05) is 43.0 Å². The third-order valence-corrected chi connectivity index (χ3v) is 4.38. The molecule has 5 nitrogen and oxygen atoms in total. The molecule has 0 unspecified atom stereocenters. The van der Waals surface area contributed by atoms with Crippen molar-refractivity contribution in [3.8, 4) is 0 Å². The number of amides is 1. The molecule has 1 fully saturated rings. The van der Waals surface area contributed by atoms with E-state index >= 15 is 0 Å². The molecular formula is C19H24N4O. The van der Waals surface area contributed by atoms with Crippen LogP contribution in [0.15, 0.2) is 36.4 Å². The SMILES string of the molecule is Cc1cc(N2CCN(C(=O)CCc3ccccc3)CC2)nc(C)n1. The predicted molar refractivity (Wildman–Crippen MR) is 95.1 cm³/mol. The van der Waals surface area contributed by atoms with Crippen LogP contribution < -0.4 is 4.90 Å². The lowest BCUT2D eigenvalue weighted by Crippen LogP contribution is -2.49. The molecule has 0 spiro atoms. The van der Waals surface area contributed by atoms with Gasteiger partial charge in [-0.1, -0.05) is 30.3 Å². The number of hydrogen-bond acceptors (Lipinski definition) is 4. The molecule has 126 valence electrons. The largest absolute Gasteiger partial charge is 0.353 e. The fourth-order valence-electron chi connectivity index (χ4n) is 3.10. The van der Waals surface area contributed by atoms with E-state index in [4.69, 9.17) is 0 Å². The second-order valence-electron chi connectivity index (χ2n) is 6.27. The normalized spacial score (nSPS) is 14.8. The van der Waals surface area contributed by atoms with Crippen molar-refractivity contribution >= 4 is 11.7 Å². The molecule has 1 aromatic carbocycles. The minimum Gasteiger partial charge on any atom is -0.353 e. The Morgan fingerprint density at radius 2 is 1.75 bits per heavy atom. The lowest BCUT2D eigenvalue weighted by molar-refractivity contribution is -0.131. The first-order valence-corrected chi connectivity index (χ1v) is 8.51. The van der Waals surface area contributed by atoms with Crippen LogP contribution in [-0.2, 0) is 11.2 Å². The van der Waals surface area contributed by atoms with Crippen LogP contribution in [0.5, 0.6) is 0 Å². The van der Waals surface area contributed by atoms with Gasteiger partial charge in [0, 0.05) is 44.4 Å². The molecule has 2 aromatic rings. The van der Waals surface area contributed by atoms with Crippen molar-refractivity contribution in [2.24, 2.45) is 0 Å². The van der Waals surface area contributed by atoms with Crippen molar-refractivity contribution in [2.75, 3.05) is 31.1 Å². The zero-order chi connectivity index (χ0) is 16.9. The Morgan fingerprint density at radius 1 is 1.04 bits per heavy atom. The van der Waals surface area contributed by atoms with Gasteiger partial charge < -0.3 is 9.80 Å². The molecule has 1 amide bonds. The lowest BCUT2D eigenvalue weighted by Gasteiger charge is -2.35. The summed E-state index contributed by atoms with van der Waals surface area (Å²) in [6.45, 7) is 7.08. The Balaban J connectivity index is 1.52. The molecule has 0 saturated carbocycles. The average Bonchev–Trinajstić information content (AvgIpc) is 2.60. The number of carbonyl (C=O) groups excluding carboxylic acids is 1. The van der Waals surface area contributed by atoms with Gasteiger partial charge in [-0.15, -0.1) is 0 Å². The maximum atomic E-state index is 12.4. The van der Waals surface area contributed by atoms with Crippen LogP contribution in [0.4, 0.5) is 5.82 Å². The molecule has 0 bridgehead atoms. The van der Waals surface area contributed by atoms with E-state index in [0.717, 1.165) is 49.9 Å². The third-order valence-electron chi connectivity index (χ3n) is 4.38. The highest BCUT2D eigenvalue weighted by Crippen LogP contribution is 2.15. The third kappa shape index (κ3) is 4.10. The summed E-state index contributed by atoms with van der Waals surface area (Å²) in [5.41, 5.74) is 2.20. The monoisotopic (exact) mass is 324 g/mol. The minimum absolute atomic E-state index is 0.244. The zero-order valence-corrected chi connectivity index (χ0v) is 14.4. The molecular weight excluding hydrogens is 300 g/mol. The van der Waals surface area contributed by atoms with Gasteiger partial charge in [0.15, 0.2) is 0 Å². The highest BCUT2D eigenvalue weighted by atomic mass is 16.2. The van der Waals surface area contributed by atoms with Crippen molar-refractivity contribution in [3.05, 3.63) is 53.5 Å². The molecule has 0 N–H and O–H groups in total. The Morgan fingerprint density at radius 3 is 2.42 bits per heavy atom. The van der Waals surface area contributed by atoms with Gasteiger partial charge in [-0.25, -0.2) is 9.97 Å². The maximum Gasteiger partial charge on any atom is 0.223 e. The number of aryl methyl sites for hydroxylation is 3. The fourth-order valence-corrected chi connectivity index (χ4v) is 3.10. The predicted octanol–water partition coefficient (Wildman–Crippen LogP) is 2.37. The summed E-state index contributed by atoms with van der Waals surface area (Å²) in [7, 11) is 0. The van der Waals surface area contributed by atoms with Crippen molar-refractivity contribution in [1.29, 1.82) is 0 Å². The number of piperazine rings is 1. The molecule has 0 atom stereocenters. The number of nitrogens with zero attached hydrogens (tertiary/aromatic N) is 4. The smallest absolute Gasteiger partial charge is 0.223 e. The molecule has 0 radical (unpaired) electrons. The molecule has 3 rings (SSSR count). The average molecular weight is 324 g/mol. The van der Waals surface area contributed by atoms with E-state index < -0.39 is 0 Å². The number of rotatable bonds is 4. The van der Waals surface area contributed by atoms with E-state index in [9.17, 15) is 4.79 Å². The van der Waals surface area contributed by atoms with Crippen LogP contribution in [0.3, 0.4) is 0 Å². The standard InChI is InChI=1S/C19H24N4O/c1-15-14-18(21-16(2)20-15)22-10-12-23(13-11-22)19(24)9-8-17-6-4-3-5-7-17/h3-7,14H,8-13H2,1-2H3. The summed E-state index contributed by atoms with van der Waals surface area (Å²) < 4.78 is 0. The number of aromatic nitrogens is 2. The molecule has 5 heteroatoms. The van der Waals surface area contributed by atoms with Gasteiger partial charge in [0.05, 0.1) is 0 Å². The number of carbonyl (C=O) groups is 1. The first-order chi connectivity index (χ1) is 11.6. The molecule has 0 aliphatic carbocycles. The highest BCUT2D eigenvalue weighted by molar-refractivity contribution is 5.76. The minimum atomic E-state index is 0.244. The zero-order valence-electron chi connectivity index (χ0n) is 14.4. The van der Waals surface area contributed by atoms with Gasteiger partial charge in [0.1, 0.15) is 11.6 Å². The molecule has 24 heavy (non-hydrogen) atoms. The van der Waals surface area contributed by atoms with Gasteiger partial charge in [0.2, 0.25) is 5.91 Å². The Hall–Kier alpha value is -2.43. The second-order valence-corrected chi connectivity index (χ2v) is 6.27. The van der Waals surface area contributed by atoms with Gasteiger partial charge >= 0.3 is 0 Å². The van der Waals surface area contributed by atoms with Crippen molar-refractivity contribution in [2.45, 2.75) is 26.7 Å². The summed E-state index contributed by atoms with van der Waals surface area (Å²) in [4.78, 5) is 25.5. The summed E-state index contributed by atoms with van der Waals surface area (Å²) in [5, 5.41) is 0. The Labute approximate surface area is 143 Å². The molecule has 1 saturated heterocycles. The van der Waals surface area contributed by atoms with E-state index in [2.05, 4.69) is 27.0 Å². The first-order valence-electron chi connectivity index (χ1n) is 8.51. The van der Waals surface area contributed by atoms with Gasteiger partial charge in [-0.3, -0.25) is 4.79 Å². The number of hydrogen-bond donors (Lipinski definition) is 0. The maximum absolute atomic E-state index is 12.4. The quantitative estimate of drug-likeness (QED) is 0.866. The van der Waals surface area contributed by atoms with Crippen LogP contribution in [0.1, 0.15) is 23.5 Å². The lowest BCUT2D eigenvalue weighted by atomic mass is 10.1. The van der Waals surface area contributed by atoms with Crippen molar-refractivity contribution < 1.29 is 4.79 Å². The van der Waals surface area contributed by atoms with E-state index in [0.29, 0.717) is 6.42 Å². The van der Waals surface area contributed by atoms with Gasteiger partial charge in [-0.2, -0.15) is 0 Å². The topological polar surface area (TPSA) is 49.3 Å². The highest BCUT2D eigenvalue weighted by Gasteiger charge is 2.22. The Kier molecular flexibility index (Phi) is 5.08. The molecule has 1 aliphatic heterocycles. The van der Waals surface area contributed by atoms with Crippen LogP contribution in [-0.4, -0.2) is 47.0 Å². The van der Waals surface area contributed by atoms with Crippen LogP contribution in [0.25, 0.3) is 0 Å². The van der Waals surface area contributed by atoms with Crippen LogP contribution in [0.2, 0.25) is 0 Å². The molecule has 2 heterocycles. The van der Waals surface area contributed by atoms with Gasteiger partial charge in [0.25, 0.3) is 0 Å². The fraction of sp³-hybridized carbons (Fsp3) is 0.421. The number of anilines is 1. The first kappa shape index (κ1) is 16.4. The summed E-state index contributed by atoms with van der Waals surface area (Å²) >= 11 is 0. The van der Waals surface area contributed by atoms with E-state index in [1.165, 1.54) is 5.56 Å². The number of benzene rings is 1. The Bertz CT molecular complexity index is 674. The van der Waals surface area contributed by atoms with Crippen LogP contribution >= 0.6 is 0 Å².